The summed E-state index contributed by atoms with van der Waals surface area (Å²) in [6, 6.07) is 69.6. The Bertz CT molecular complexity index is 2730. The molecule has 0 aliphatic carbocycles. The zero-order chi connectivity index (χ0) is 54.0. The molecule has 13 heteroatoms. The Balaban J connectivity index is 1.02. The molecule has 3 heterocycles. The van der Waals surface area contributed by atoms with Gasteiger partial charge < -0.3 is 61.9 Å². The number of hydrogen-bond acceptors (Lipinski definition) is 13. The zero-order valence-corrected chi connectivity index (χ0v) is 44.8. The lowest BCUT2D eigenvalue weighted by Crippen LogP contribution is -2.65. The van der Waals surface area contributed by atoms with E-state index in [1.165, 1.54) is 0 Å². The number of aliphatic hydroxyl groups excluding tert-OH is 1. The van der Waals surface area contributed by atoms with Gasteiger partial charge >= 0.3 is 0 Å². The van der Waals surface area contributed by atoms with E-state index >= 15 is 0 Å². The van der Waals surface area contributed by atoms with Gasteiger partial charge in [0.2, 0.25) is 0 Å². The Kier molecular flexibility index (Phi) is 20.6. The van der Waals surface area contributed by atoms with E-state index in [1.54, 1.807) is 0 Å². The molecule has 7 aromatic carbocycles. The van der Waals surface area contributed by atoms with E-state index in [1.807, 2.05) is 226 Å². The Hall–Kier alpha value is -5.98. The van der Waals surface area contributed by atoms with Crippen molar-refractivity contribution in [1.29, 1.82) is 0 Å². The van der Waals surface area contributed by atoms with Crippen molar-refractivity contribution in [2.45, 2.75) is 146 Å². The van der Waals surface area contributed by atoms with Crippen molar-refractivity contribution in [3.8, 4) is 0 Å². The monoisotopic (exact) mass is 1070 g/mol. The second kappa shape index (κ2) is 28.9. The smallest absolute Gasteiger partial charge is 0.187 e. The largest absolute Gasteiger partial charge is 0.374 e. The van der Waals surface area contributed by atoms with Crippen molar-refractivity contribution in [2.75, 3.05) is 6.61 Å². The molecule has 414 valence electrons. The van der Waals surface area contributed by atoms with Gasteiger partial charge in [-0.15, -0.1) is 0 Å². The number of ether oxygens (including phenoxy) is 12. The van der Waals surface area contributed by atoms with Crippen LogP contribution in [0.25, 0.3) is 0 Å². The van der Waals surface area contributed by atoms with Crippen LogP contribution in [0.2, 0.25) is 0 Å². The van der Waals surface area contributed by atoms with Crippen LogP contribution in [-0.2, 0) is 103 Å². The van der Waals surface area contributed by atoms with E-state index in [4.69, 9.17) is 56.8 Å². The summed E-state index contributed by atoms with van der Waals surface area (Å²) < 4.78 is 82.9. The van der Waals surface area contributed by atoms with Gasteiger partial charge in [0.15, 0.2) is 18.9 Å². The molecule has 13 nitrogen and oxygen atoms in total. The summed E-state index contributed by atoms with van der Waals surface area (Å²) in [4.78, 5) is 0. The van der Waals surface area contributed by atoms with Crippen molar-refractivity contribution >= 4 is 0 Å². The highest BCUT2D eigenvalue weighted by atomic mass is 16.8. The summed E-state index contributed by atoms with van der Waals surface area (Å²) >= 11 is 0. The molecular formula is C66H72O13. The van der Waals surface area contributed by atoms with Crippen LogP contribution < -0.4 is 0 Å². The molecule has 79 heavy (non-hydrogen) atoms. The second-order valence-corrected chi connectivity index (χ2v) is 20.3. The molecule has 0 radical (unpaired) electrons. The van der Waals surface area contributed by atoms with Gasteiger partial charge in [0.25, 0.3) is 0 Å². The minimum absolute atomic E-state index is 0.154. The molecule has 3 saturated heterocycles. The van der Waals surface area contributed by atoms with Crippen LogP contribution in [0, 0.1) is 0 Å². The van der Waals surface area contributed by atoms with Gasteiger partial charge in [-0.25, -0.2) is 0 Å². The van der Waals surface area contributed by atoms with Crippen molar-refractivity contribution in [3.05, 3.63) is 251 Å². The second-order valence-electron chi connectivity index (χ2n) is 20.3. The number of aliphatic hydroxyl groups is 1. The molecule has 1 N–H and O–H groups in total. The SMILES string of the molecule is C[C@@H]1O[C@H](O)[C@H](OCc2ccccc2)[C@H](O[C@@H]2O[C@@H](C)[C@H](OCc3ccccc3)[C@@H](O[C@@H]3O[C@H](COCc4ccccc4)[C@@H](OCc4ccccc4)[C@H]3OCc3ccccc3)[C@H]2OCc2ccccc2)[C@H]1OCc1ccccc1. The van der Waals surface area contributed by atoms with Crippen LogP contribution in [0.15, 0.2) is 212 Å². The highest BCUT2D eigenvalue weighted by molar-refractivity contribution is 5.19. The average Bonchev–Trinajstić information content (AvgIpc) is 3.83. The lowest BCUT2D eigenvalue weighted by atomic mass is 9.96. The van der Waals surface area contributed by atoms with Crippen LogP contribution in [0.4, 0.5) is 0 Å². The van der Waals surface area contributed by atoms with Gasteiger partial charge in [-0.2, -0.15) is 0 Å². The summed E-state index contributed by atoms with van der Waals surface area (Å²) in [7, 11) is 0. The van der Waals surface area contributed by atoms with Crippen LogP contribution in [0.3, 0.4) is 0 Å². The minimum atomic E-state index is -1.39. The van der Waals surface area contributed by atoms with E-state index in [0.717, 1.165) is 38.9 Å². The molecule has 3 fully saturated rings. The van der Waals surface area contributed by atoms with Crippen molar-refractivity contribution in [2.24, 2.45) is 0 Å². The first-order valence-corrected chi connectivity index (χ1v) is 27.4. The van der Waals surface area contributed by atoms with Crippen LogP contribution >= 0.6 is 0 Å². The minimum Gasteiger partial charge on any atom is -0.374 e. The molecule has 10 rings (SSSR count). The third kappa shape index (κ3) is 15.7. The van der Waals surface area contributed by atoms with Gasteiger partial charge in [0, 0.05) is 0 Å². The fourth-order valence-corrected chi connectivity index (χ4v) is 10.3. The number of benzene rings is 7. The van der Waals surface area contributed by atoms with Crippen LogP contribution in [-0.4, -0.2) is 97.7 Å². The fraction of sp³-hybridized carbons (Fsp3) is 0.364. The van der Waals surface area contributed by atoms with Crippen molar-refractivity contribution in [3.63, 3.8) is 0 Å². The van der Waals surface area contributed by atoms with E-state index in [9.17, 15) is 5.11 Å². The van der Waals surface area contributed by atoms with E-state index in [0.29, 0.717) is 6.61 Å². The fourth-order valence-electron chi connectivity index (χ4n) is 10.3. The van der Waals surface area contributed by atoms with E-state index in [-0.39, 0.29) is 46.2 Å². The molecule has 0 aromatic heterocycles. The first-order valence-electron chi connectivity index (χ1n) is 27.4. The van der Waals surface area contributed by atoms with Crippen molar-refractivity contribution in [1.82, 2.24) is 0 Å². The Labute approximate surface area is 464 Å². The molecule has 3 aliphatic rings. The van der Waals surface area contributed by atoms with Gasteiger partial charge in [0.05, 0.1) is 65.1 Å². The molecular weight excluding hydrogens is 1000 g/mol. The maximum atomic E-state index is 11.9. The number of rotatable bonds is 26. The van der Waals surface area contributed by atoms with E-state index < -0.39 is 86.0 Å². The third-order valence-corrected chi connectivity index (χ3v) is 14.4. The predicted molar refractivity (Wildman–Crippen MR) is 296 cm³/mol. The lowest BCUT2D eigenvalue weighted by Gasteiger charge is -2.49. The van der Waals surface area contributed by atoms with Crippen LogP contribution in [0.1, 0.15) is 52.8 Å². The van der Waals surface area contributed by atoms with E-state index in [2.05, 4.69) is 0 Å². The third-order valence-electron chi connectivity index (χ3n) is 14.4. The average molecular weight is 1070 g/mol. The Morgan fingerprint density at radius 1 is 0.304 bits per heavy atom. The molecule has 7 aromatic rings. The highest BCUT2D eigenvalue weighted by Gasteiger charge is 2.56. The zero-order valence-electron chi connectivity index (χ0n) is 44.8. The quantitative estimate of drug-likeness (QED) is 0.0553. The lowest BCUT2D eigenvalue weighted by molar-refractivity contribution is -0.377. The molecule has 0 amide bonds. The standard InChI is InChI=1S/C66H72O13/c1-46-56(69-39-49-26-12-4-13-27-49)59(61(64(67)75-46)72-42-52-32-18-7-19-33-52)78-65-63(74-44-54-36-22-9-23-37-54)60(57(47(2)76-65)70-40-50-28-14-5-15-29-50)79-66-62(73-43-53-34-20-8-21-35-53)58(71-41-51-30-16-6-17-31-51)55(77-66)45-68-38-48-24-10-3-11-25-48/h3-37,46-47,55-67H,38-45H2,1-2H3/t46-,47-,55+,56-,57-,58+,59+,60+,61+,62+,63+,64-,65-,66-/m0/s1. The maximum absolute atomic E-state index is 11.9. The maximum Gasteiger partial charge on any atom is 0.187 e. The molecule has 14 atom stereocenters. The topological polar surface area (TPSA) is 131 Å². The first kappa shape index (κ1) is 56.3. The molecule has 0 spiro atoms. The predicted octanol–water partition coefficient (Wildman–Crippen LogP) is 10.7. The summed E-state index contributed by atoms with van der Waals surface area (Å²) in [6.07, 6.45) is -12.4. The molecule has 0 bridgehead atoms. The van der Waals surface area contributed by atoms with Gasteiger partial charge in [-0.1, -0.05) is 212 Å². The summed E-state index contributed by atoms with van der Waals surface area (Å²) in [5.41, 5.74) is 6.71. The summed E-state index contributed by atoms with van der Waals surface area (Å²) in [5.74, 6) is 0. The normalized spacial score (nSPS) is 27.9. The van der Waals surface area contributed by atoms with Gasteiger partial charge in [0.1, 0.15) is 54.9 Å². The number of hydrogen-bond donors (Lipinski definition) is 1. The van der Waals surface area contributed by atoms with Gasteiger partial charge in [-0.05, 0) is 52.8 Å². The summed E-state index contributed by atoms with van der Waals surface area (Å²) in [6.45, 7) is 5.66. The molecule has 0 saturated carbocycles. The van der Waals surface area contributed by atoms with Gasteiger partial charge in [-0.3, -0.25) is 0 Å². The first-order chi connectivity index (χ1) is 38.9. The van der Waals surface area contributed by atoms with Crippen LogP contribution in [0.5, 0.6) is 0 Å². The van der Waals surface area contributed by atoms with Crippen molar-refractivity contribution < 1.29 is 61.9 Å². The molecule has 3 aliphatic heterocycles. The summed E-state index contributed by atoms with van der Waals surface area (Å²) in [5, 5.41) is 11.9. The Morgan fingerprint density at radius 3 is 0.962 bits per heavy atom. The molecule has 0 unspecified atom stereocenters. The highest BCUT2D eigenvalue weighted by Crippen LogP contribution is 2.39. The Morgan fingerprint density at radius 2 is 0.582 bits per heavy atom.